The number of anilines is 2. The average molecular weight is 552 g/mol. The second kappa shape index (κ2) is 9.27. The molecule has 4 aromatic rings. The Morgan fingerprint density at radius 1 is 0.625 bits per heavy atom. The topological polar surface area (TPSA) is 58.2 Å². The van der Waals surface area contributed by atoms with Gasteiger partial charge < -0.3 is 10.6 Å². The molecule has 160 valence electrons. The van der Waals surface area contributed by atoms with Crippen molar-refractivity contribution in [3.63, 3.8) is 0 Å². The number of fused-ring (bicyclic) bond motifs is 1. The molecule has 6 heteroatoms. The van der Waals surface area contributed by atoms with Gasteiger partial charge in [-0.25, -0.2) is 0 Å². The minimum Gasteiger partial charge on any atom is -0.321 e. The molecule has 0 saturated heterocycles. The van der Waals surface area contributed by atoms with Crippen LogP contribution in [0, 0.1) is 13.8 Å². The summed E-state index contributed by atoms with van der Waals surface area (Å²) in [6.07, 6.45) is 0. The number of rotatable bonds is 4. The molecule has 0 saturated carbocycles. The van der Waals surface area contributed by atoms with Crippen LogP contribution in [-0.2, 0) is 0 Å². The molecule has 32 heavy (non-hydrogen) atoms. The van der Waals surface area contributed by atoms with E-state index >= 15 is 0 Å². The quantitative estimate of drug-likeness (QED) is 0.276. The van der Waals surface area contributed by atoms with Gasteiger partial charge in [0.25, 0.3) is 11.8 Å². The molecule has 0 aromatic heterocycles. The predicted molar refractivity (Wildman–Crippen MR) is 138 cm³/mol. The fourth-order valence-corrected chi connectivity index (χ4v) is 4.14. The molecule has 0 aliphatic heterocycles. The van der Waals surface area contributed by atoms with E-state index in [9.17, 15) is 9.59 Å². The average Bonchev–Trinajstić information content (AvgIpc) is 2.78. The summed E-state index contributed by atoms with van der Waals surface area (Å²) in [5, 5.41) is 7.68. The van der Waals surface area contributed by atoms with Gasteiger partial charge in [0.2, 0.25) is 0 Å². The zero-order valence-corrected chi connectivity index (χ0v) is 20.7. The van der Waals surface area contributed by atoms with Crippen molar-refractivity contribution >= 4 is 65.8 Å². The van der Waals surface area contributed by atoms with Crippen molar-refractivity contribution in [1.82, 2.24) is 0 Å². The normalized spacial score (nSPS) is 10.8. The highest BCUT2D eigenvalue weighted by Crippen LogP contribution is 2.30. The smallest absolute Gasteiger partial charge is 0.255 e. The molecule has 2 amide bonds. The van der Waals surface area contributed by atoms with E-state index in [-0.39, 0.29) is 11.8 Å². The Bertz CT molecular complexity index is 1260. The first-order valence-electron chi connectivity index (χ1n) is 10.0. The zero-order valence-electron chi connectivity index (χ0n) is 17.5. The summed E-state index contributed by atoms with van der Waals surface area (Å²) < 4.78 is 1.77. The highest BCUT2D eigenvalue weighted by molar-refractivity contribution is 9.10. The van der Waals surface area contributed by atoms with Crippen molar-refractivity contribution in [2.45, 2.75) is 13.8 Å². The summed E-state index contributed by atoms with van der Waals surface area (Å²) in [7, 11) is 0. The van der Waals surface area contributed by atoms with Crippen LogP contribution in [0.1, 0.15) is 31.8 Å². The zero-order chi connectivity index (χ0) is 22.8. The molecule has 4 rings (SSSR count). The summed E-state index contributed by atoms with van der Waals surface area (Å²) in [5.41, 5.74) is 4.61. The van der Waals surface area contributed by atoms with Gasteiger partial charge in [-0.05, 0) is 61.4 Å². The number of nitrogens with one attached hydrogen (secondary N) is 2. The van der Waals surface area contributed by atoms with Crippen molar-refractivity contribution in [1.29, 1.82) is 0 Å². The van der Waals surface area contributed by atoms with E-state index in [0.29, 0.717) is 22.5 Å². The third kappa shape index (κ3) is 4.61. The van der Waals surface area contributed by atoms with Gasteiger partial charge in [-0.3, -0.25) is 9.59 Å². The van der Waals surface area contributed by atoms with Gasteiger partial charge in [0.15, 0.2) is 0 Å². The van der Waals surface area contributed by atoms with Gasteiger partial charge in [-0.2, -0.15) is 0 Å². The van der Waals surface area contributed by atoms with Crippen LogP contribution in [0.4, 0.5) is 11.4 Å². The number of aryl methyl sites for hydroxylation is 2. The number of carbonyl (C=O) groups excluding carboxylic acids is 2. The first kappa shape index (κ1) is 22.2. The maximum atomic E-state index is 12.8. The first-order valence-corrected chi connectivity index (χ1v) is 11.6. The van der Waals surface area contributed by atoms with Crippen LogP contribution in [0.3, 0.4) is 0 Å². The minimum absolute atomic E-state index is 0.197. The van der Waals surface area contributed by atoms with Crippen molar-refractivity contribution in [3.8, 4) is 0 Å². The Morgan fingerprint density at radius 2 is 1.03 bits per heavy atom. The lowest BCUT2D eigenvalue weighted by Crippen LogP contribution is -2.13. The molecule has 0 fully saturated rings. The first-order chi connectivity index (χ1) is 15.3. The lowest BCUT2D eigenvalue weighted by Gasteiger charge is -2.13. The maximum absolute atomic E-state index is 12.8. The molecule has 0 atom stereocenters. The SMILES string of the molecule is Cc1ccc(C(=O)Nc2cccc3c(NC(=O)c4ccc(C)c(Br)c4)cccc23)cc1Br. The standard InChI is InChI=1S/C26H20Br2N2O2/c1-15-9-11-17(13-21(15)27)25(31)29-23-7-3-6-20-19(23)5-4-8-24(20)30-26(32)18-12-10-16(2)22(28)14-18/h3-14H,1-2H3,(H,29,31)(H,30,32). The van der Waals surface area contributed by atoms with Crippen LogP contribution in [-0.4, -0.2) is 11.8 Å². The van der Waals surface area contributed by atoms with E-state index < -0.39 is 0 Å². The molecule has 4 nitrogen and oxygen atoms in total. The number of amides is 2. The third-order valence-electron chi connectivity index (χ3n) is 5.29. The Balaban J connectivity index is 1.63. The second-order valence-electron chi connectivity index (χ2n) is 7.54. The van der Waals surface area contributed by atoms with Gasteiger partial charge >= 0.3 is 0 Å². The lowest BCUT2D eigenvalue weighted by atomic mass is 10.1. The summed E-state index contributed by atoms with van der Waals surface area (Å²) in [4.78, 5) is 25.6. The van der Waals surface area contributed by atoms with Gasteiger partial charge in [0.05, 0.1) is 0 Å². The molecule has 0 aliphatic rings. The predicted octanol–water partition coefficient (Wildman–Crippen LogP) is 7.49. The Kier molecular flexibility index (Phi) is 6.44. The molecule has 0 radical (unpaired) electrons. The van der Waals surface area contributed by atoms with Crippen LogP contribution in [0.5, 0.6) is 0 Å². The van der Waals surface area contributed by atoms with Crippen molar-refractivity contribution in [2.24, 2.45) is 0 Å². The van der Waals surface area contributed by atoms with Crippen molar-refractivity contribution in [2.75, 3.05) is 10.6 Å². The monoisotopic (exact) mass is 550 g/mol. The van der Waals surface area contributed by atoms with Gasteiger partial charge in [-0.1, -0.05) is 68.3 Å². The molecule has 0 spiro atoms. The highest BCUT2D eigenvalue weighted by atomic mass is 79.9. The fourth-order valence-electron chi connectivity index (χ4n) is 3.39. The number of carbonyl (C=O) groups is 2. The van der Waals surface area contributed by atoms with Crippen LogP contribution >= 0.6 is 31.9 Å². The lowest BCUT2D eigenvalue weighted by molar-refractivity contribution is 0.101. The van der Waals surface area contributed by atoms with Crippen molar-refractivity contribution < 1.29 is 9.59 Å². The maximum Gasteiger partial charge on any atom is 0.255 e. The second-order valence-corrected chi connectivity index (χ2v) is 9.25. The highest BCUT2D eigenvalue weighted by Gasteiger charge is 2.13. The van der Waals surface area contributed by atoms with E-state index in [1.165, 1.54) is 0 Å². The van der Waals surface area contributed by atoms with E-state index in [2.05, 4.69) is 42.5 Å². The molecular weight excluding hydrogens is 532 g/mol. The van der Waals surface area contributed by atoms with E-state index in [1.54, 1.807) is 24.3 Å². The molecule has 0 bridgehead atoms. The van der Waals surface area contributed by atoms with Crippen LogP contribution in [0.2, 0.25) is 0 Å². The van der Waals surface area contributed by atoms with E-state index in [4.69, 9.17) is 0 Å². The van der Waals surface area contributed by atoms with Gasteiger partial charge in [0, 0.05) is 42.2 Å². The summed E-state index contributed by atoms with van der Waals surface area (Å²) >= 11 is 6.95. The summed E-state index contributed by atoms with van der Waals surface area (Å²) in [6, 6.07) is 22.3. The number of benzene rings is 4. The van der Waals surface area contributed by atoms with Gasteiger partial charge in [0.1, 0.15) is 0 Å². The molecule has 2 N–H and O–H groups in total. The van der Waals surface area contributed by atoms with E-state index in [1.807, 2.05) is 62.4 Å². The van der Waals surface area contributed by atoms with E-state index in [0.717, 1.165) is 30.8 Å². The Morgan fingerprint density at radius 3 is 1.41 bits per heavy atom. The number of halogens is 2. The summed E-state index contributed by atoms with van der Waals surface area (Å²) in [6.45, 7) is 3.95. The Labute approximate surface area is 203 Å². The molecule has 4 aromatic carbocycles. The van der Waals surface area contributed by atoms with Crippen molar-refractivity contribution in [3.05, 3.63) is 104 Å². The van der Waals surface area contributed by atoms with Gasteiger partial charge in [-0.15, -0.1) is 0 Å². The van der Waals surface area contributed by atoms with Crippen LogP contribution in [0.15, 0.2) is 81.7 Å². The molecule has 0 heterocycles. The van der Waals surface area contributed by atoms with Crippen LogP contribution in [0.25, 0.3) is 10.8 Å². The molecule has 0 unspecified atom stereocenters. The van der Waals surface area contributed by atoms with Crippen LogP contribution < -0.4 is 10.6 Å². The molecule has 0 aliphatic carbocycles. The third-order valence-corrected chi connectivity index (χ3v) is 7.00. The number of hydrogen-bond acceptors (Lipinski definition) is 2. The minimum atomic E-state index is -0.197. The number of hydrogen-bond donors (Lipinski definition) is 2. The fraction of sp³-hybridized carbons (Fsp3) is 0.0769. The largest absolute Gasteiger partial charge is 0.321 e. The Hall–Kier alpha value is -2.96. The molecular formula is C26H20Br2N2O2. The summed E-state index contributed by atoms with van der Waals surface area (Å²) in [5.74, 6) is -0.394.